The Morgan fingerprint density at radius 2 is 1.93 bits per heavy atom. The number of hydrogen-bond acceptors (Lipinski definition) is 4. The van der Waals surface area contributed by atoms with E-state index in [1.807, 2.05) is 0 Å². The van der Waals surface area contributed by atoms with Crippen LogP contribution in [0.2, 0.25) is 0 Å². The molecule has 0 radical (unpaired) electrons. The van der Waals surface area contributed by atoms with Gasteiger partial charge in [-0.25, -0.2) is 8.42 Å². The van der Waals surface area contributed by atoms with Crippen molar-refractivity contribution in [2.75, 3.05) is 26.5 Å². The molecule has 15 heavy (non-hydrogen) atoms. The molecule has 0 aromatic rings. The molecule has 0 aliphatic carbocycles. The molecule has 0 bridgehead atoms. The van der Waals surface area contributed by atoms with Gasteiger partial charge in [-0.3, -0.25) is 4.79 Å². The SMILES string of the molecule is COCCS(=O)(=O)N(C)C(C)(C)C(=O)O. The van der Waals surface area contributed by atoms with Crippen LogP contribution < -0.4 is 0 Å². The van der Waals surface area contributed by atoms with Crippen molar-refractivity contribution in [3.63, 3.8) is 0 Å². The summed E-state index contributed by atoms with van der Waals surface area (Å²) in [4.78, 5) is 10.8. The van der Waals surface area contributed by atoms with Crippen molar-refractivity contribution in [2.24, 2.45) is 0 Å². The number of methoxy groups -OCH3 is 1. The van der Waals surface area contributed by atoms with Crippen LogP contribution in [0.5, 0.6) is 0 Å². The molecule has 0 heterocycles. The Hall–Kier alpha value is -0.660. The summed E-state index contributed by atoms with van der Waals surface area (Å²) in [6, 6.07) is 0. The first kappa shape index (κ1) is 14.3. The van der Waals surface area contributed by atoms with Gasteiger partial charge in [0.05, 0.1) is 12.4 Å². The molecule has 0 aromatic carbocycles. The number of hydrogen-bond donors (Lipinski definition) is 1. The summed E-state index contributed by atoms with van der Waals surface area (Å²) in [6.45, 7) is 2.71. The highest BCUT2D eigenvalue weighted by Crippen LogP contribution is 2.16. The summed E-state index contributed by atoms with van der Waals surface area (Å²) >= 11 is 0. The van der Waals surface area contributed by atoms with Gasteiger partial charge in [0.2, 0.25) is 10.0 Å². The van der Waals surface area contributed by atoms with E-state index in [9.17, 15) is 13.2 Å². The van der Waals surface area contributed by atoms with E-state index in [2.05, 4.69) is 4.74 Å². The second-order valence-corrected chi connectivity index (χ2v) is 5.76. The molecule has 0 rings (SSSR count). The van der Waals surface area contributed by atoms with Gasteiger partial charge in [-0.2, -0.15) is 4.31 Å². The molecule has 0 amide bonds. The summed E-state index contributed by atoms with van der Waals surface area (Å²) in [5, 5.41) is 8.86. The number of likely N-dealkylation sites (N-methyl/N-ethyl adjacent to an activating group) is 1. The minimum absolute atomic E-state index is 0.0440. The molecule has 0 saturated heterocycles. The molecule has 0 spiro atoms. The molecule has 1 N–H and O–H groups in total. The lowest BCUT2D eigenvalue weighted by molar-refractivity contribution is -0.145. The maximum atomic E-state index is 11.6. The molecule has 0 aromatic heterocycles. The summed E-state index contributed by atoms with van der Waals surface area (Å²) in [5.41, 5.74) is -1.45. The van der Waals surface area contributed by atoms with Crippen LogP contribution in [0.3, 0.4) is 0 Å². The fourth-order valence-electron chi connectivity index (χ4n) is 0.808. The van der Waals surface area contributed by atoms with Gasteiger partial charge in [-0.15, -0.1) is 0 Å². The lowest BCUT2D eigenvalue weighted by Gasteiger charge is -2.30. The smallest absolute Gasteiger partial charge is 0.324 e. The zero-order valence-electron chi connectivity index (χ0n) is 9.35. The molecule has 6 nitrogen and oxygen atoms in total. The summed E-state index contributed by atoms with van der Waals surface area (Å²) in [5.74, 6) is -1.41. The highest BCUT2D eigenvalue weighted by molar-refractivity contribution is 7.89. The van der Waals surface area contributed by atoms with Crippen LogP contribution in [0, 0.1) is 0 Å². The van der Waals surface area contributed by atoms with Gasteiger partial charge in [0, 0.05) is 14.2 Å². The van der Waals surface area contributed by atoms with Gasteiger partial charge >= 0.3 is 5.97 Å². The van der Waals surface area contributed by atoms with E-state index in [4.69, 9.17) is 5.11 Å². The monoisotopic (exact) mass is 239 g/mol. The number of sulfonamides is 1. The zero-order valence-corrected chi connectivity index (χ0v) is 10.2. The van der Waals surface area contributed by atoms with Gasteiger partial charge in [0.15, 0.2) is 0 Å². The second-order valence-electron chi connectivity index (χ2n) is 3.64. The predicted molar refractivity (Wildman–Crippen MR) is 55.1 cm³/mol. The van der Waals surface area contributed by atoms with Crippen molar-refractivity contribution in [3.8, 4) is 0 Å². The quantitative estimate of drug-likeness (QED) is 0.691. The van der Waals surface area contributed by atoms with Crippen LogP contribution in [-0.4, -0.2) is 55.9 Å². The van der Waals surface area contributed by atoms with Gasteiger partial charge in [0.1, 0.15) is 5.54 Å². The van der Waals surface area contributed by atoms with Gasteiger partial charge < -0.3 is 9.84 Å². The van der Waals surface area contributed by atoms with Crippen molar-refractivity contribution >= 4 is 16.0 Å². The van der Waals surface area contributed by atoms with Crippen LogP contribution >= 0.6 is 0 Å². The topological polar surface area (TPSA) is 83.9 Å². The summed E-state index contributed by atoms with van der Waals surface area (Å²) in [6.07, 6.45) is 0. The minimum atomic E-state index is -3.60. The number of nitrogens with zero attached hydrogens (tertiary/aromatic N) is 1. The van der Waals surface area contributed by atoms with Gasteiger partial charge in [-0.05, 0) is 13.8 Å². The first-order valence-electron chi connectivity index (χ1n) is 4.35. The Morgan fingerprint density at radius 3 is 2.27 bits per heavy atom. The average Bonchev–Trinajstić information content (AvgIpc) is 2.13. The first-order chi connectivity index (χ1) is 6.66. The van der Waals surface area contributed by atoms with Gasteiger partial charge in [0.25, 0.3) is 0 Å². The molecule has 0 saturated carbocycles. The standard InChI is InChI=1S/C8H17NO5S/c1-8(2,7(10)11)9(3)15(12,13)6-5-14-4/h5-6H2,1-4H3,(H,10,11). The summed E-state index contributed by atoms with van der Waals surface area (Å²) in [7, 11) is -0.962. The largest absolute Gasteiger partial charge is 0.480 e. The highest BCUT2D eigenvalue weighted by atomic mass is 32.2. The molecular formula is C8H17NO5S. The molecule has 0 unspecified atom stereocenters. The molecule has 0 fully saturated rings. The molecule has 7 heteroatoms. The first-order valence-corrected chi connectivity index (χ1v) is 5.96. The minimum Gasteiger partial charge on any atom is -0.480 e. The maximum Gasteiger partial charge on any atom is 0.324 e. The van der Waals surface area contributed by atoms with Crippen molar-refractivity contribution in [1.82, 2.24) is 4.31 Å². The lowest BCUT2D eigenvalue weighted by Crippen LogP contribution is -2.51. The Balaban J connectivity index is 4.84. The fraction of sp³-hybridized carbons (Fsp3) is 0.875. The van der Waals surface area contributed by atoms with Crippen LogP contribution in [0.4, 0.5) is 0 Å². The van der Waals surface area contributed by atoms with Crippen LogP contribution in [0.25, 0.3) is 0 Å². The molecule has 0 aliphatic rings. The van der Waals surface area contributed by atoms with E-state index in [0.29, 0.717) is 0 Å². The van der Waals surface area contributed by atoms with E-state index < -0.39 is 21.5 Å². The molecule has 0 atom stereocenters. The Morgan fingerprint density at radius 1 is 1.47 bits per heavy atom. The molecular weight excluding hydrogens is 222 g/mol. The number of carboxylic acids is 1. The molecule has 90 valence electrons. The van der Waals surface area contributed by atoms with Crippen molar-refractivity contribution in [3.05, 3.63) is 0 Å². The number of ether oxygens (including phenoxy) is 1. The third-order valence-electron chi connectivity index (χ3n) is 2.27. The average molecular weight is 239 g/mol. The fourth-order valence-corrected chi connectivity index (χ4v) is 2.23. The van der Waals surface area contributed by atoms with E-state index in [0.717, 1.165) is 4.31 Å². The second kappa shape index (κ2) is 4.91. The van der Waals surface area contributed by atoms with E-state index in [1.165, 1.54) is 28.0 Å². The van der Waals surface area contributed by atoms with E-state index >= 15 is 0 Å². The zero-order chi connectivity index (χ0) is 12.3. The Bertz CT molecular complexity index is 322. The van der Waals surface area contributed by atoms with Crippen molar-refractivity contribution in [2.45, 2.75) is 19.4 Å². The number of carbonyl (C=O) groups is 1. The predicted octanol–water partition coefficient (Wildman–Crippen LogP) is -0.242. The normalized spacial score (nSPS) is 13.1. The van der Waals surface area contributed by atoms with Crippen molar-refractivity contribution in [1.29, 1.82) is 0 Å². The maximum absolute atomic E-state index is 11.6. The third-order valence-corrected chi connectivity index (χ3v) is 4.25. The number of aliphatic carboxylic acids is 1. The van der Waals surface area contributed by atoms with Crippen LogP contribution in [0.1, 0.15) is 13.8 Å². The van der Waals surface area contributed by atoms with Crippen molar-refractivity contribution < 1.29 is 23.1 Å². The summed E-state index contributed by atoms with van der Waals surface area (Å²) < 4.78 is 28.7. The lowest BCUT2D eigenvalue weighted by atomic mass is 10.1. The van der Waals surface area contributed by atoms with Crippen LogP contribution in [-0.2, 0) is 19.6 Å². The number of carboxylic acid groups (broad SMARTS) is 1. The van der Waals surface area contributed by atoms with E-state index in [1.54, 1.807) is 0 Å². The Labute approximate surface area is 89.9 Å². The number of rotatable bonds is 6. The molecule has 0 aliphatic heterocycles. The highest BCUT2D eigenvalue weighted by Gasteiger charge is 2.38. The Kier molecular flexibility index (Phi) is 4.69. The third kappa shape index (κ3) is 3.44. The van der Waals surface area contributed by atoms with E-state index in [-0.39, 0.29) is 12.4 Å². The van der Waals surface area contributed by atoms with Crippen LogP contribution in [0.15, 0.2) is 0 Å². The van der Waals surface area contributed by atoms with Gasteiger partial charge in [-0.1, -0.05) is 0 Å².